The number of carbonyl (C=O) groups is 1. The van der Waals surface area contributed by atoms with Crippen molar-refractivity contribution in [2.24, 2.45) is 0 Å². The fourth-order valence-electron chi connectivity index (χ4n) is 3.29. The topological polar surface area (TPSA) is 92.7 Å². The molecule has 0 unspecified atom stereocenters. The molecule has 0 radical (unpaired) electrons. The number of nitrogens with one attached hydrogen (secondary N) is 1. The average molecular weight is 348 g/mol. The fourth-order valence-corrected chi connectivity index (χ4v) is 3.29. The lowest BCUT2D eigenvalue weighted by molar-refractivity contribution is -0.118. The molecule has 1 aliphatic heterocycles. The molecule has 7 heteroatoms. The van der Waals surface area contributed by atoms with Gasteiger partial charge in [0, 0.05) is 37.8 Å². The van der Waals surface area contributed by atoms with E-state index in [0.29, 0.717) is 23.9 Å². The summed E-state index contributed by atoms with van der Waals surface area (Å²) in [5.41, 5.74) is 1.15. The van der Waals surface area contributed by atoms with E-state index in [-0.39, 0.29) is 24.4 Å². The van der Waals surface area contributed by atoms with Gasteiger partial charge in [-0.15, -0.1) is 0 Å². The summed E-state index contributed by atoms with van der Waals surface area (Å²) in [7, 11) is 0. The number of aryl methyl sites for hydroxylation is 1. The second-order valence-electron chi connectivity index (χ2n) is 6.79. The third-order valence-electron chi connectivity index (χ3n) is 4.78. The van der Waals surface area contributed by atoms with Crippen LogP contribution in [0.4, 0.5) is 5.88 Å². The van der Waals surface area contributed by atoms with Gasteiger partial charge in [-0.05, 0) is 27.2 Å². The summed E-state index contributed by atoms with van der Waals surface area (Å²) in [6, 6.07) is 2.41. The van der Waals surface area contributed by atoms with E-state index in [1.54, 1.807) is 20.8 Å². The molecule has 0 saturated carbocycles. The summed E-state index contributed by atoms with van der Waals surface area (Å²) >= 11 is 0. The monoisotopic (exact) mass is 348 g/mol. The second kappa shape index (κ2) is 8.48. The highest BCUT2D eigenvalue weighted by Crippen LogP contribution is 2.25. The molecular weight excluding hydrogens is 320 g/mol. The van der Waals surface area contributed by atoms with Crippen LogP contribution < -0.4 is 5.32 Å². The molecule has 0 spiro atoms. The third kappa shape index (κ3) is 4.82. The van der Waals surface area contributed by atoms with Crippen LogP contribution in [0.1, 0.15) is 37.2 Å². The fraction of sp³-hybridized carbons (Fsp3) is 0.667. The Labute approximate surface area is 149 Å². The molecule has 0 bridgehead atoms. The predicted octanol–water partition coefficient (Wildman–Crippen LogP) is 1.48. The molecule has 1 fully saturated rings. The summed E-state index contributed by atoms with van der Waals surface area (Å²) < 4.78 is 5.49. The average Bonchev–Trinajstić information content (AvgIpc) is 2.81. The van der Waals surface area contributed by atoms with E-state index in [0.717, 1.165) is 31.6 Å². The Morgan fingerprint density at radius 1 is 1.48 bits per heavy atom. The summed E-state index contributed by atoms with van der Waals surface area (Å²) in [5, 5.41) is 21.6. The summed E-state index contributed by atoms with van der Waals surface area (Å²) in [6.07, 6.45) is 0.624. The molecular formula is C18H28N4O3. The maximum atomic E-state index is 12.3. The van der Waals surface area contributed by atoms with Gasteiger partial charge in [0.25, 0.3) is 0 Å². The van der Waals surface area contributed by atoms with Crippen LogP contribution in [-0.2, 0) is 4.79 Å². The van der Waals surface area contributed by atoms with Crippen LogP contribution in [0, 0.1) is 25.2 Å². The Balaban J connectivity index is 1.93. The van der Waals surface area contributed by atoms with E-state index in [1.807, 2.05) is 0 Å². The number of aliphatic hydroxyl groups is 1. The Morgan fingerprint density at radius 2 is 2.20 bits per heavy atom. The normalized spacial score (nSPS) is 20.2. The molecule has 25 heavy (non-hydrogen) atoms. The number of rotatable bonds is 6. The zero-order valence-corrected chi connectivity index (χ0v) is 15.5. The number of aliphatic hydroxyl groups excluding tert-OH is 1. The van der Waals surface area contributed by atoms with Crippen molar-refractivity contribution >= 4 is 11.8 Å². The number of furan rings is 1. The Kier molecular flexibility index (Phi) is 6.59. The Bertz CT molecular complexity index is 647. The predicted molar refractivity (Wildman–Crippen MR) is 95.3 cm³/mol. The molecule has 2 heterocycles. The summed E-state index contributed by atoms with van der Waals surface area (Å²) in [6.45, 7) is 10.8. The third-order valence-corrected chi connectivity index (χ3v) is 4.78. The molecule has 1 aromatic rings. The number of anilines is 1. The molecule has 2 atom stereocenters. The van der Waals surface area contributed by atoms with Crippen molar-refractivity contribution in [3.63, 3.8) is 0 Å². The van der Waals surface area contributed by atoms with Crippen molar-refractivity contribution in [3.05, 3.63) is 16.9 Å². The molecule has 138 valence electrons. The molecule has 2 N–H and O–H groups in total. The number of hydrogen-bond donors (Lipinski definition) is 2. The lowest BCUT2D eigenvalue weighted by Crippen LogP contribution is -2.55. The van der Waals surface area contributed by atoms with E-state index < -0.39 is 0 Å². The SMILES string of the molecule is CC[C@@H]1CN(CC(=O)Nc2oc(C)c(C)c2C#N)CCN1C[C@H](C)O. The van der Waals surface area contributed by atoms with E-state index in [2.05, 4.69) is 28.1 Å². The number of β-amino-alcohol motifs (C(OH)–C–C–N with tert-alkyl or cyclic N) is 1. The number of nitrogens with zero attached hydrogens (tertiary/aromatic N) is 3. The van der Waals surface area contributed by atoms with Crippen LogP contribution in [-0.4, -0.2) is 65.7 Å². The zero-order chi connectivity index (χ0) is 18.6. The highest BCUT2D eigenvalue weighted by Gasteiger charge is 2.27. The molecule has 0 aromatic carbocycles. The van der Waals surface area contributed by atoms with E-state index >= 15 is 0 Å². The number of hydrogen-bond acceptors (Lipinski definition) is 6. The quantitative estimate of drug-likeness (QED) is 0.809. The Morgan fingerprint density at radius 3 is 2.80 bits per heavy atom. The minimum absolute atomic E-state index is 0.177. The zero-order valence-electron chi connectivity index (χ0n) is 15.5. The first-order valence-electron chi connectivity index (χ1n) is 8.80. The van der Waals surface area contributed by atoms with Crippen molar-refractivity contribution in [2.75, 3.05) is 38.0 Å². The first-order valence-corrected chi connectivity index (χ1v) is 8.80. The van der Waals surface area contributed by atoms with Crippen LogP contribution in [0.2, 0.25) is 0 Å². The van der Waals surface area contributed by atoms with Crippen molar-refractivity contribution in [3.8, 4) is 6.07 Å². The van der Waals surface area contributed by atoms with Gasteiger partial charge in [0.15, 0.2) is 0 Å². The minimum atomic E-state index is -0.348. The highest BCUT2D eigenvalue weighted by atomic mass is 16.4. The van der Waals surface area contributed by atoms with Crippen LogP contribution in [0.15, 0.2) is 4.42 Å². The van der Waals surface area contributed by atoms with E-state index in [9.17, 15) is 15.2 Å². The number of amides is 1. The lowest BCUT2D eigenvalue weighted by atomic mass is 10.1. The van der Waals surface area contributed by atoms with Crippen molar-refractivity contribution in [1.82, 2.24) is 9.80 Å². The highest BCUT2D eigenvalue weighted by molar-refractivity contribution is 5.92. The van der Waals surface area contributed by atoms with Crippen LogP contribution in [0.3, 0.4) is 0 Å². The van der Waals surface area contributed by atoms with Gasteiger partial charge in [-0.2, -0.15) is 5.26 Å². The van der Waals surface area contributed by atoms with Crippen molar-refractivity contribution in [2.45, 2.75) is 46.3 Å². The molecule has 2 rings (SSSR count). The molecule has 0 aliphatic carbocycles. The Hall–Kier alpha value is -1.88. The van der Waals surface area contributed by atoms with Gasteiger partial charge in [-0.25, -0.2) is 0 Å². The van der Waals surface area contributed by atoms with Crippen LogP contribution >= 0.6 is 0 Å². The van der Waals surface area contributed by atoms with Crippen LogP contribution in [0.5, 0.6) is 0 Å². The van der Waals surface area contributed by atoms with Gasteiger partial charge in [-0.3, -0.25) is 19.9 Å². The van der Waals surface area contributed by atoms with Gasteiger partial charge < -0.3 is 9.52 Å². The van der Waals surface area contributed by atoms with Gasteiger partial charge >= 0.3 is 0 Å². The second-order valence-corrected chi connectivity index (χ2v) is 6.79. The molecule has 1 aliphatic rings. The first-order chi connectivity index (χ1) is 11.8. The van der Waals surface area contributed by atoms with Crippen molar-refractivity contribution < 1.29 is 14.3 Å². The van der Waals surface area contributed by atoms with Gasteiger partial charge in [-0.1, -0.05) is 6.92 Å². The van der Waals surface area contributed by atoms with Crippen molar-refractivity contribution in [1.29, 1.82) is 5.26 Å². The molecule has 1 aromatic heterocycles. The van der Waals surface area contributed by atoms with E-state index in [4.69, 9.17) is 4.42 Å². The minimum Gasteiger partial charge on any atom is -0.444 e. The molecule has 1 amide bonds. The van der Waals surface area contributed by atoms with Crippen LogP contribution in [0.25, 0.3) is 0 Å². The molecule has 1 saturated heterocycles. The summed E-state index contributed by atoms with van der Waals surface area (Å²) in [5.74, 6) is 0.705. The maximum Gasteiger partial charge on any atom is 0.240 e. The lowest BCUT2D eigenvalue weighted by Gasteiger charge is -2.41. The smallest absolute Gasteiger partial charge is 0.240 e. The van der Waals surface area contributed by atoms with E-state index in [1.165, 1.54) is 0 Å². The first kappa shape index (κ1) is 19.4. The maximum absolute atomic E-state index is 12.3. The standard InChI is InChI=1S/C18H28N4O3/c1-5-15-10-21(6-7-22(15)9-12(2)23)11-17(24)20-18-16(8-19)13(3)14(4)25-18/h12,15,23H,5-7,9-11H2,1-4H3,(H,20,24)/t12-,15+/m0/s1. The number of nitriles is 1. The largest absolute Gasteiger partial charge is 0.444 e. The number of carbonyl (C=O) groups excluding carboxylic acids is 1. The van der Waals surface area contributed by atoms with Gasteiger partial charge in [0.2, 0.25) is 11.8 Å². The van der Waals surface area contributed by atoms with Gasteiger partial charge in [0.05, 0.1) is 12.6 Å². The van der Waals surface area contributed by atoms with Gasteiger partial charge in [0.1, 0.15) is 17.4 Å². The molecule has 7 nitrogen and oxygen atoms in total. The number of piperazine rings is 1. The summed E-state index contributed by atoms with van der Waals surface area (Å²) in [4.78, 5) is 16.7.